The van der Waals surface area contributed by atoms with Gasteiger partial charge in [0.2, 0.25) is 0 Å². The van der Waals surface area contributed by atoms with Crippen LogP contribution in [0.5, 0.6) is 0 Å². The first-order valence-electron chi connectivity index (χ1n) is 5.09. The number of halogens is 1. The highest BCUT2D eigenvalue weighted by atomic mass is 35.5. The molecule has 17 heavy (non-hydrogen) atoms. The number of hydrogen-bond donors (Lipinski definition) is 3. The number of hydrogen-bond acceptors (Lipinski definition) is 2. The maximum absolute atomic E-state index is 11.5. The van der Waals surface area contributed by atoms with Crippen LogP contribution in [-0.4, -0.2) is 23.1 Å². The summed E-state index contributed by atoms with van der Waals surface area (Å²) in [6.45, 7) is 1.68. The average molecular weight is 257 g/mol. The molecule has 0 radical (unpaired) electrons. The minimum Gasteiger partial charge on any atom is -0.480 e. The summed E-state index contributed by atoms with van der Waals surface area (Å²) >= 11 is 5.84. The minimum atomic E-state index is -1.07. The van der Waals surface area contributed by atoms with Crippen LogP contribution in [0.25, 0.3) is 0 Å². The number of aliphatic carboxylic acids is 1. The number of carboxylic acids is 1. The first-order valence-corrected chi connectivity index (χ1v) is 5.47. The summed E-state index contributed by atoms with van der Waals surface area (Å²) in [6.07, 6.45) is 0.311. The number of amides is 2. The molecular formula is C11H13ClN2O3. The lowest BCUT2D eigenvalue weighted by Crippen LogP contribution is -2.42. The number of urea groups is 1. The lowest BCUT2D eigenvalue weighted by molar-refractivity contribution is -0.139. The van der Waals surface area contributed by atoms with Crippen molar-refractivity contribution in [3.63, 3.8) is 0 Å². The quantitative estimate of drug-likeness (QED) is 0.774. The van der Waals surface area contributed by atoms with Crippen LogP contribution in [0, 0.1) is 0 Å². The lowest BCUT2D eigenvalue weighted by Gasteiger charge is -2.13. The van der Waals surface area contributed by atoms with Crippen molar-refractivity contribution in [2.24, 2.45) is 0 Å². The molecule has 6 heteroatoms. The van der Waals surface area contributed by atoms with Crippen LogP contribution in [0.3, 0.4) is 0 Å². The maximum Gasteiger partial charge on any atom is 0.326 e. The van der Waals surface area contributed by atoms with Crippen molar-refractivity contribution >= 4 is 29.3 Å². The van der Waals surface area contributed by atoms with Gasteiger partial charge in [0.15, 0.2) is 0 Å². The third-order valence-corrected chi connectivity index (χ3v) is 2.46. The van der Waals surface area contributed by atoms with E-state index >= 15 is 0 Å². The van der Waals surface area contributed by atoms with E-state index in [-0.39, 0.29) is 0 Å². The molecule has 0 aromatic heterocycles. The summed E-state index contributed by atoms with van der Waals surface area (Å²) in [5, 5.41) is 14.0. The van der Waals surface area contributed by atoms with Gasteiger partial charge in [-0.25, -0.2) is 9.59 Å². The Labute approximate surface area is 104 Å². The second-order valence-corrected chi connectivity index (χ2v) is 3.78. The molecule has 5 nitrogen and oxygen atoms in total. The van der Waals surface area contributed by atoms with Gasteiger partial charge in [-0.2, -0.15) is 0 Å². The highest BCUT2D eigenvalue weighted by Crippen LogP contribution is 2.20. The van der Waals surface area contributed by atoms with Crippen LogP contribution in [-0.2, 0) is 4.79 Å². The van der Waals surface area contributed by atoms with E-state index < -0.39 is 18.0 Å². The van der Waals surface area contributed by atoms with E-state index in [2.05, 4.69) is 10.6 Å². The van der Waals surface area contributed by atoms with Crippen LogP contribution < -0.4 is 10.6 Å². The van der Waals surface area contributed by atoms with E-state index in [4.69, 9.17) is 16.7 Å². The number of para-hydroxylation sites is 1. The van der Waals surface area contributed by atoms with E-state index in [1.54, 1.807) is 31.2 Å². The fraction of sp³-hybridized carbons (Fsp3) is 0.273. The molecule has 0 aliphatic rings. The van der Waals surface area contributed by atoms with Crippen molar-refractivity contribution < 1.29 is 14.7 Å². The number of carbonyl (C=O) groups excluding carboxylic acids is 1. The van der Waals surface area contributed by atoms with E-state index in [1.165, 1.54) is 0 Å². The fourth-order valence-corrected chi connectivity index (χ4v) is 1.40. The Bertz CT molecular complexity index is 423. The average Bonchev–Trinajstić information content (AvgIpc) is 2.28. The minimum absolute atomic E-state index is 0.311. The van der Waals surface area contributed by atoms with Gasteiger partial charge < -0.3 is 15.7 Å². The smallest absolute Gasteiger partial charge is 0.326 e. The third-order valence-electron chi connectivity index (χ3n) is 2.13. The fourth-order valence-electron chi connectivity index (χ4n) is 1.22. The topological polar surface area (TPSA) is 78.4 Å². The van der Waals surface area contributed by atoms with Gasteiger partial charge in [-0.1, -0.05) is 30.7 Å². The van der Waals surface area contributed by atoms with E-state index in [9.17, 15) is 9.59 Å². The van der Waals surface area contributed by atoms with Crippen LogP contribution in [0.15, 0.2) is 24.3 Å². The zero-order chi connectivity index (χ0) is 12.8. The zero-order valence-corrected chi connectivity index (χ0v) is 9.99. The third kappa shape index (κ3) is 3.96. The first kappa shape index (κ1) is 13.3. The summed E-state index contributed by atoms with van der Waals surface area (Å²) in [5.74, 6) is -1.07. The zero-order valence-electron chi connectivity index (χ0n) is 9.24. The number of carboxylic acid groups (broad SMARTS) is 1. The van der Waals surface area contributed by atoms with Gasteiger partial charge in [0.05, 0.1) is 10.7 Å². The standard InChI is InChI=1S/C11H13ClN2O3/c1-2-8(10(15)16)13-11(17)14-9-6-4-3-5-7(9)12/h3-6,8H,2H2,1H3,(H,15,16)(H2,13,14,17). The van der Waals surface area contributed by atoms with Crippen LogP contribution >= 0.6 is 11.6 Å². The highest BCUT2D eigenvalue weighted by Gasteiger charge is 2.17. The van der Waals surface area contributed by atoms with Crippen molar-refractivity contribution in [2.45, 2.75) is 19.4 Å². The molecule has 1 unspecified atom stereocenters. The van der Waals surface area contributed by atoms with E-state index in [0.29, 0.717) is 17.1 Å². The number of rotatable bonds is 4. The molecule has 2 amide bonds. The Morgan fingerprint density at radius 1 is 1.41 bits per heavy atom. The summed E-state index contributed by atoms with van der Waals surface area (Å²) in [6, 6.07) is 5.22. The lowest BCUT2D eigenvalue weighted by atomic mass is 10.2. The van der Waals surface area contributed by atoms with Gasteiger partial charge in [0.1, 0.15) is 6.04 Å². The summed E-state index contributed by atoms with van der Waals surface area (Å²) in [7, 11) is 0. The molecule has 0 spiro atoms. The Kier molecular flexibility index (Phi) is 4.78. The Hall–Kier alpha value is -1.75. The maximum atomic E-state index is 11.5. The first-order chi connectivity index (χ1) is 8.04. The Balaban J connectivity index is 2.61. The highest BCUT2D eigenvalue weighted by molar-refractivity contribution is 6.33. The number of anilines is 1. The van der Waals surface area contributed by atoms with Crippen LogP contribution in [0.4, 0.5) is 10.5 Å². The van der Waals surface area contributed by atoms with E-state index in [0.717, 1.165) is 0 Å². The monoisotopic (exact) mass is 256 g/mol. The SMILES string of the molecule is CCC(NC(=O)Nc1ccccc1Cl)C(=O)O. The molecule has 0 aliphatic carbocycles. The number of carbonyl (C=O) groups is 2. The van der Waals surface area contributed by atoms with Crippen molar-refractivity contribution in [1.29, 1.82) is 0 Å². The predicted octanol–water partition coefficient (Wildman–Crippen LogP) is 2.32. The number of nitrogens with one attached hydrogen (secondary N) is 2. The van der Waals surface area contributed by atoms with Gasteiger partial charge in [-0.3, -0.25) is 0 Å². The predicted molar refractivity (Wildman–Crippen MR) is 65.3 cm³/mol. The molecule has 1 rings (SSSR count). The summed E-state index contributed by atoms with van der Waals surface area (Å²) < 4.78 is 0. The molecule has 0 saturated carbocycles. The van der Waals surface area contributed by atoms with Gasteiger partial charge in [0, 0.05) is 0 Å². The summed E-state index contributed by atoms with van der Waals surface area (Å²) in [5.41, 5.74) is 0.437. The molecule has 1 atom stereocenters. The largest absolute Gasteiger partial charge is 0.480 e. The molecule has 0 bridgehead atoms. The molecule has 0 heterocycles. The molecule has 0 aliphatic heterocycles. The Morgan fingerprint density at radius 3 is 2.59 bits per heavy atom. The molecule has 0 fully saturated rings. The molecular weight excluding hydrogens is 244 g/mol. The summed E-state index contributed by atoms with van der Waals surface area (Å²) in [4.78, 5) is 22.2. The molecule has 1 aromatic carbocycles. The van der Waals surface area contributed by atoms with Crippen molar-refractivity contribution in [1.82, 2.24) is 5.32 Å². The van der Waals surface area contributed by atoms with Gasteiger partial charge >= 0.3 is 12.0 Å². The second-order valence-electron chi connectivity index (χ2n) is 3.38. The van der Waals surface area contributed by atoms with Crippen molar-refractivity contribution in [3.05, 3.63) is 29.3 Å². The van der Waals surface area contributed by atoms with Gasteiger partial charge in [0.25, 0.3) is 0 Å². The second kappa shape index (κ2) is 6.10. The number of benzene rings is 1. The molecule has 0 saturated heterocycles. The van der Waals surface area contributed by atoms with Crippen molar-refractivity contribution in [2.75, 3.05) is 5.32 Å². The molecule has 92 valence electrons. The van der Waals surface area contributed by atoms with E-state index in [1.807, 2.05) is 0 Å². The van der Waals surface area contributed by atoms with Gasteiger partial charge in [-0.15, -0.1) is 0 Å². The van der Waals surface area contributed by atoms with Gasteiger partial charge in [-0.05, 0) is 18.6 Å². The Morgan fingerprint density at radius 2 is 2.06 bits per heavy atom. The van der Waals surface area contributed by atoms with Crippen LogP contribution in [0.2, 0.25) is 5.02 Å². The molecule has 3 N–H and O–H groups in total. The normalized spacial score (nSPS) is 11.6. The van der Waals surface area contributed by atoms with Crippen molar-refractivity contribution in [3.8, 4) is 0 Å². The van der Waals surface area contributed by atoms with Crippen LogP contribution in [0.1, 0.15) is 13.3 Å². The molecule has 1 aromatic rings.